The molecule has 1 fully saturated rings. The smallest absolute Gasteiger partial charge is 0.275 e. The van der Waals surface area contributed by atoms with E-state index >= 15 is 0 Å². The third kappa shape index (κ3) is 4.20. The number of amides is 1. The van der Waals surface area contributed by atoms with Crippen LogP contribution in [0.2, 0.25) is 0 Å². The summed E-state index contributed by atoms with van der Waals surface area (Å²) in [6.07, 6.45) is 3.76. The highest BCUT2D eigenvalue weighted by Crippen LogP contribution is 2.29. The number of hydrogen-bond donors (Lipinski definition) is 1. The lowest BCUT2D eigenvalue weighted by molar-refractivity contribution is 0.0681. The van der Waals surface area contributed by atoms with Crippen LogP contribution in [0.15, 0.2) is 46.4 Å². The summed E-state index contributed by atoms with van der Waals surface area (Å²) in [4.78, 5) is 17.0. The lowest BCUT2D eigenvalue weighted by atomic mass is 10.2. The molecule has 3 heterocycles. The van der Waals surface area contributed by atoms with Gasteiger partial charge in [-0.15, -0.1) is 11.3 Å². The molecule has 0 bridgehead atoms. The van der Waals surface area contributed by atoms with Gasteiger partial charge in [0.1, 0.15) is 18.1 Å². The van der Waals surface area contributed by atoms with Gasteiger partial charge in [0.2, 0.25) is 0 Å². The zero-order valence-corrected chi connectivity index (χ0v) is 15.8. The predicted octanol–water partition coefficient (Wildman–Crippen LogP) is 4.52. The minimum absolute atomic E-state index is 0.114. The molecule has 1 atom stereocenters. The molecule has 3 aromatic rings. The van der Waals surface area contributed by atoms with Crippen molar-refractivity contribution in [2.75, 3.05) is 18.5 Å². The Balaban J connectivity index is 1.47. The van der Waals surface area contributed by atoms with Crippen LogP contribution in [0, 0.1) is 6.92 Å². The maximum atomic E-state index is 12.6. The normalized spacial score (nSPS) is 16.4. The van der Waals surface area contributed by atoms with Gasteiger partial charge in [0.05, 0.1) is 18.1 Å². The summed E-state index contributed by atoms with van der Waals surface area (Å²) < 4.78 is 16.9. The molecule has 0 spiro atoms. The summed E-state index contributed by atoms with van der Waals surface area (Å²) >= 11 is 1.37. The van der Waals surface area contributed by atoms with E-state index < -0.39 is 0 Å². The standard InChI is InChI=1S/C20H20N2O4S/c1-13-6-7-15(18(10-13)26-11-14-4-2-8-24-14)21-19(23)16-12-27-20(22-16)17-5-3-9-25-17/h3,5-7,9-10,12,14H,2,4,8,11H2,1H3,(H,21,23). The van der Waals surface area contributed by atoms with E-state index in [2.05, 4.69) is 10.3 Å². The summed E-state index contributed by atoms with van der Waals surface area (Å²) in [5.74, 6) is 1.00. The zero-order chi connectivity index (χ0) is 18.6. The Kier molecular flexibility index (Phi) is 5.22. The number of thiazole rings is 1. The molecule has 1 aromatic carbocycles. The second kappa shape index (κ2) is 7.94. The molecule has 27 heavy (non-hydrogen) atoms. The van der Waals surface area contributed by atoms with Crippen molar-refractivity contribution in [3.8, 4) is 16.5 Å². The highest BCUT2D eigenvalue weighted by molar-refractivity contribution is 7.13. The van der Waals surface area contributed by atoms with E-state index in [-0.39, 0.29) is 12.0 Å². The van der Waals surface area contributed by atoms with Gasteiger partial charge in [-0.3, -0.25) is 4.79 Å². The Hall–Kier alpha value is -2.64. The zero-order valence-electron chi connectivity index (χ0n) is 14.9. The van der Waals surface area contributed by atoms with Gasteiger partial charge < -0.3 is 19.2 Å². The van der Waals surface area contributed by atoms with E-state index in [9.17, 15) is 4.79 Å². The average molecular weight is 384 g/mol. The molecule has 140 valence electrons. The van der Waals surface area contributed by atoms with Gasteiger partial charge in [0.25, 0.3) is 5.91 Å². The molecular weight excluding hydrogens is 364 g/mol. The van der Waals surface area contributed by atoms with Crippen molar-refractivity contribution < 1.29 is 18.7 Å². The quantitative estimate of drug-likeness (QED) is 0.676. The molecule has 1 N–H and O–H groups in total. The van der Waals surface area contributed by atoms with Gasteiger partial charge in [0.15, 0.2) is 10.8 Å². The van der Waals surface area contributed by atoms with Crippen LogP contribution >= 0.6 is 11.3 Å². The number of furan rings is 1. The number of carbonyl (C=O) groups is 1. The number of anilines is 1. The summed E-state index contributed by atoms with van der Waals surface area (Å²) in [6.45, 7) is 3.25. The fourth-order valence-electron chi connectivity index (χ4n) is 2.89. The van der Waals surface area contributed by atoms with E-state index in [0.29, 0.717) is 34.5 Å². The molecule has 0 saturated carbocycles. The number of nitrogens with zero attached hydrogens (tertiary/aromatic N) is 1. The summed E-state index contributed by atoms with van der Waals surface area (Å²) in [5, 5.41) is 5.28. The van der Waals surface area contributed by atoms with Gasteiger partial charge in [-0.05, 0) is 49.6 Å². The molecule has 1 amide bonds. The second-order valence-electron chi connectivity index (χ2n) is 6.41. The summed E-state index contributed by atoms with van der Waals surface area (Å²) in [6, 6.07) is 9.31. The van der Waals surface area contributed by atoms with Crippen molar-refractivity contribution in [1.29, 1.82) is 0 Å². The number of carbonyl (C=O) groups excluding carboxylic acids is 1. The highest BCUT2D eigenvalue weighted by Gasteiger charge is 2.18. The molecule has 4 rings (SSSR count). The molecular formula is C20H20N2O4S. The molecule has 0 aliphatic carbocycles. The maximum absolute atomic E-state index is 12.6. The minimum atomic E-state index is -0.283. The van der Waals surface area contributed by atoms with Crippen LogP contribution in [0.1, 0.15) is 28.9 Å². The topological polar surface area (TPSA) is 73.6 Å². The lowest BCUT2D eigenvalue weighted by Crippen LogP contribution is -2.18. The number of ether oxygens (including phenoxy) is 2. The molecule has 0 radical (unpaired) electrons. The number of hydrogen-bond acceptors (Lipinski definition) is 6. The molecule has 1 saturated heterocycles. The Morgan fingerprint density at radius 3 is 3.11 bits per heavy atom. The first-order valence-corrected chi connectivity index (χ1v) is 9.73. The predicted molar refractivity (Wildman–Crippen MR) is 103 cm³/mol. The van der Waals surface area contributed by atoms with Gasteiger partial charge in [-0.25, -0.2) is 4.98 Å². The first-order valence-electron chi connectivity index (χ1n) is 8.85. The van der Waals surface area contributed by atoms with E-state index in [1.165, 1.54) is 11.3 Å². The van der Waals surface area contributed by atoms with E-state index in [1.54, 1.807) is 17.7 Å². The van der Waals surface area contributed by atoms with Gasteiger partial charge >= 0.3 is 0 Å². The molecule has 7 heteroatoms. The van der Waals surface area contributed by atoms with Crippen LogP contribution in [0.5, 0.6) is 5.75 Å². The van der Waals surface area contributed by atoms with E-state index in [1.807, 2.05) is 31.2 Å². The monoisotopic (exact) mass is 384 g/mol. The van der Waals surface area contributed by atoms with Crippen LogP contribution in [0.3, 0.4) is 0 Å². The van der Waals surface area contributed by atoms with Crippen molar-refractivity contribution >= 4 is 22.9 Å². The number of benzene rings is 1. The Bertz CT molecular complexity index is 914. The first kappa shape index (κ1) is 17.8. The number of aromatic nitrogens is 1. The van der Waals surface area contributed by atoms with Crippen LogP contribution < -0.4 is 10.1 Å². The highest BCUT2D eigenvalue weighted by atomic mass is 32.1. The molecule has 1 aliphatic heterocycles. The second-order valence-corrected chi connectivity index (χ2v) is 7.27. The largest absolute Gasteiger partial charge is 0.489 e. The SMILES string of the molecule is Cc1ccc(NC(=O)c2csc(-c3ccco3)n2)c(OCC2CCCO2)c1. The van der Waals surface area contributed by atoms with Crippen LogP contribution in [0.25, 0.3) is 10.8 Å². The van der Waals surface area contributed by atoms with Gasteiger partial charge in [-0.1, -0.05) is 6.07 Å². The first-order chi connectivity index (χ1) is 13.2. The molecule has 6 nitrogen and oxygen atoms in total. The number of rotatable bonds is 6. The van der Waals surface area contributed by atoms with Gasteiger partial charge in [0, 0.05) is 12.0 Å². The van der Waals surface area contributed by atoms with Crippen molar-refractivity contribution in [2.24, 2.45) is 0 Å². The van der Waals surface area contributed by atoms with Crippen molar-refractivity contribution in [2.45, 2.75) is 25.9 Å². The summed E-state index contributed by atoms with van der Waals surface area (Å²) in [5.41, 5.74) is 2.03. The Labute approximate surface area is 161 Å². The molecule has 1 aliphatic rings. The van der Waals surface area contributed by atoms with Gasteiger partial charge in [-0.2, -0.15) is 0 Å². The van der Waals surface area contributed by atoms with Crippen LogP contribution in [0.4, 0.5) is 5.69 Å². The average Bonchev–Trinajstić information content (AvgIpc) is 3.42. The van der Waals surface area contributed by atoms with Crippen LogP contribution in [-0.2, 0) is 4.74 Å². The molecule has 2 aromatic heterocycles. The summed E-state index contributed by atoms with van der Waals surface area (Å²) in [7, 11) is 0. The van der Waals surface area contributed by atoms with Crippen molar-refractivity contribution in [1.82, 2.24) is 4.98 Å². The number of nitrogens with one attached hydrogen (secondary N) is 1. The van der Waals surface area contributed by atoms with Crippen molar-refractivity contribution in [3.05, 3.63) is 53.2 Å². The molecule has 1 unspecified atom stereocenters. The Morgan fingerprint density at radius 1 is 1.41 bits per heavy atom. The maximum Gasteiger partial charge on any atom is 0.275 e. The minimum Gasteiger partial charge on any atom is -0.489 e. The Morgan fingerprint density at radius 2 is 2.33 bits per heavy atom. The third-order valence-corrected chi connectivity index (χ3v) is 5.16. The fourth-order valence-corrected chi connectivity index (χ4v) is 3.65. The third-order valence-electron chi connectivity index (χ3n) is 4.30. The fraction of sp³-hybridized carbons (Fsp3) is 0.300. The van der Waals surface area contributed by atoms with E-state index in [4.69, 9.17) is 13.9 Å². The van der Waals surface area contributed by atoms with Crippen LogP contribution in [-0.4, -0.2) is 30.2 Å². The lowest BCUT2D eigenvalue weighted by Gasteiger charge is -2.15. The van der Waals surface area contributed by atoms with E-state index in [0.717, 1.165) is 25.0 Å². The number of aryl methyl sites for hydroxylation is 1. The van der Waals surface area contributed by atoms with Crippen molar-refractivity contribution in [3.63, 3.8) is 0 Å².